The lowest BCUT2D eigenvalue weighted by Crippen LogP contribution is -2.41. The van der Waals surface area contributed by atoms with Crippen LogP contribution in [0, 0.1) is 0 Å². The van der Waals surface area contributed by atoms with E-state index in [4.69, 9.17) is 4.74 Å². The topological polar surface area (TPSA) is 101 Å². The molecule has 2 aromatic carbocycles. The summed E-state index contributed by atoms with van der Waals surface area (Å²) < 4.78 is 32.1. The third-order valence-electron chi connectivity index (χ3n) is 5.56. The van der Waals surface area contributed by atoms with E-state index in [9.17, 15) is 22.8 Å². The Morgan fingerprint density at radius 3 is 2.15 bits per heavy atom. The summed E-state index contributed by atoms with van der Waals surface area (Å²) in [5, 5.41) is 0. The number of ketones is 1. The van der Waals surface area contributed by atoms with Gasteiger partial charge in [0, 0.05) is 31.3 Å². The van der Waals surface area contributed by atoms with Gasteiger partial charge in [-0.3, -0.25) is 14.4 Å². The van der Waals surface area contributed by atoms with E-state index in [2.05, 4.69) is 0 Å². The van der Waals surface area contributed by atoms with Gasteiger partial charge in [-0.1, -0.05) is 42.5 Å². The number of piperidine rings is 1. The van der Waals surface area contributed by atoms with Crippen LogP contribution >= 0.6 is 0 Å². The van der Waals surface area contributed by atoms with Crippen LogP contribution in [0.3, 0.4) is 0 Å². The molecule has 1 fully saturated rings. The highest BCUT2D eigenvalue weighted by Gasteiger charge is 2.32. The lowest BCUT2D eigenvalue weighted by Gasteiger charge is -2.30. The average molecular weight is 473 g/mol. The number of nitrogens with zero attached hydrogens (tertiary/aromatic N) is 2. The predicted molar refractivity (Wildman–Crippen MR) is 122 cm³/mol. The van der Waals surface area contributed by atoms with Gasteiger partial charge in [-0.15, -0.1) is 0 Å². The van der Waals surface area contributed by atoms with Gasteiger partial charge in [-0.25, -0.2) is 8.42 Å². The Balaban J connectivity index is 1.73. The number of amides is 1. The highest BCUT2D eigenvalue weighted by molar-refractivity contribution is 7.89. The van der Waals surface area contributed by atoms with Crippen molar-refractivity contribution in [1.82, 2.24) is 9.21 Å². The minimum Gasteiger partial charge on any atom is -0.446 e. The van der Waals surface area contributed by atoms with Crippen LogP contribution in [0.25, 0.3) is 0 Å². The number of carbonyl (C=O) groups excluding carboxylic acids is 3. The number of rotatable bonds is 8. The molecule has 0 unspecified atom stereocenters. The molecule has 0 N–H and O–H groups in total. The second-order valence-electron chi connectivity index (χ2n) is 8.01. The van der Waals surface area contributed by atoms with Gasteiger partial charge in [0.15, 0.2) is 5.78 Å². The molecule has 0 aromatic heterocycles. The van der Waals surface area contributed by atoms with Crippen molar-refractivity contribution < 1.29 is 27.5 Å². The van der Waals surface area contributed by atoms with Crippen molar-refractivity contribution in [3.05, 3.63) is 65.7 Å². The van der Waals surface area contributed by atoms with E-state index in [1.54, 1.807) is 35.2 Å². The fraction of sp³-hybridized carbons (Fsp3) is 0.375. The molecule has 0 saturated carbocycles. The summed E-state index contributed by atoms with van der Waals surface area (Å²) in [6.07, 6.45) is 1.70. The van der Waals surface area contributed by atoms with Crippen molar-refractivity contribution in [1.29, 1.82) is 0 Å². The number of hydrogen-bond acceptors (Lipinski definition) is 6. The van der Waals surface area contributed by atoms with E-state index in [-0.39, 0.29) is 16.6 Å². The van der Waals surface area contributed by atoms with E-state index in [0.717, 1.165) is 23.6 Å². The molecule has 1 aliphatic rings. The van der Waals surface area contributed by atoms with Crippen LogP contribution < -0.4 is 0 Å². The molecule has 0 aliphatic carbocycles. The molecule has 1 saturated heterocycles. The van der Waals surface area contributed by atoms with Gasteiger partial charge < -0.3 is 9.64 Å². The van der Waals surface area contributed by atoms with Gasteiger partial charge in [0.05, 0.1) is 4.90 Å². The summed E-state index contributed by atoms with van der Waals surface area (Å²) in [5.41, 5.74) is 0.921. The van der Waals surface area contributed by atoms with Crippen LogP contribution in [0.15, 0.2) is 59.5 Å². The zero-order valence-electron chi connectivity index (χ0n) is 18.8. The first-order valence-corrected chi connectivity index (χ1v) is 12.2. The first kappa shape index (κ1) is 24.6. The van der Waals surface area contributed by atoms with Crippen molar-refractivity contribution in [2.45, 2.75) is 37.2 Å². The van der Waals surface area contributed by atoms with Crippen LogP contribution in [0.1, 0.15) is 48.2 Å². The van der Waals surface area contributed by atoms with Crippen molar-refractivity contribution in [2.75, 3.05) is 26.7 Å². The van der Waals surface area contributed by atoms with Gasteiger partial charge in [-0.2, -0.15) is 4.31 Å². The summed E-state index contributed by atoms with van der Waals surface area (Å²) in [5.74, 6) is -1.32. The van der Waals surface area contributed by atoms with Crippen molar-refractivity contribution in [3.8, 4) is 0 Å². The molecule has 1 aliphatic heterocycles. The standard InChI is InChI=1S/C24H28N2O6S/c1-18(27)19-11-13-21(14-12-19)33(30,31)25(2)17-22(28)32-23(20-9-5-3-6-10-20)24(29)26-15-7-4-8-16-26/h3,5-6,9-14,23H,4,7-8,15-17H2,1-2H3/t23-/m1/s1. The lowest BCUT2D eigenvalue weighted by molar-refractivity contribution is -0.161. The van der Waals surface area contributed by atoms with E-state index < -0.39 is 28.6 Å². The fourth-order valence-electron chi connectivity index (χ4n) is 3.65. The van der Waals surface area contributed by atoms with Gasteiger partial charge in [0.2, 0.25) is 16.1 Å². The number of benzene rings is 2. The third kappa shape index (κ3) is 6.06. The van der Waals surface area contributed by atoms with Crippen LogP contribution in [-0.2, 0) is 24.3 Å². The van der Waals surface area contributed by atoms with Crippen molar-refractivity contribution >= 4 is 27.7 Å². The summed E-state index contributed by atoms with van der Waals surface area (Å²) in [6.45, 7) is 2.03. The van der Waals surface area contributed by atoms with Crippen LogP contribution in [0.4, 0.5) is 0 Å². The molecule has 1 heterocycles. The Labute approximate surface area is 194 Å². The number of esters is 1. The van der Waals surface area contributed by atoms with E-state index in [0.29, 0.717) is 24.2 Å². The molecular formula is C24H28N2O6S. The first-order chi connectivity index (χ1) is 15.7. The zero-order chi connectivity index (χ0) is 24.0. The Kier molecular flexibility index (Phi) is 7.99. The van der Waals surface area contributed by atoms with Crippen molar-refractivity contribution in [2.24, 2.45) is 0 Å². The van der Waals surface area contributed by atoms with E-state index in [1.165, 1.54) is 38.2 Å². The molecule has 2 aromatic rings. The molecule has 9 heteroatoms. The average Bonchev–Trinajstić information content (AvgIpc) is 2.83. The SMILES string of the molecule is CC(=O)c1ccc(S(=O)(=O)N(C)CC(=O)O[C@@H](C(=O)N2CCCCC2)c2ccccc2)cc1. The van der Waals surface area contributed by atoms with Gasteiger partial charge in [0.1, 0.15) is 6.54 Å². The molecule has 1 atom stereocenters. The monoisotopic (exact) mass is 472 g/mol. The number of likely N-dealkylation sites (tertiary alicyclic amines) is 1. The lowest BCUT2D eigenvalue weighted by atomic mass is 10.1. The predicted octanol–water partition coefficient (Wildman–Crippen LogP) is 2.81. The fourth-order valence-corrected chi connectivity index (χ4v) is 4.76. The molecule has 0 spiro atoms. The second-order valence-corrected chi connectivity index (χ2v) is 10.1. The Morgan fingerprint density at radius 1 is 0.970 bits per heavy atom. The maximum atomic E-state index is 13.1. The Morgan fingerprint density at radius 2 is 1.58 bits per heavy atom. The van der Waals surface area contributed by atoms with Crippen molar-refractivity contribution in [3.63, 3.8) is 0 Å². The summed E-state index contributed by atoms with van der Waals surface area (Å²) >= 11 is 0. The van der Waals surface area contributed by atoms with Gasteiger partial charge >= 0.3 is 5.97 Å². The largest absolute Gasteiger partial charge is 0.446 e. The van der Waals surface area contributed by atoms with Crippen LogP contribution in [0.2, 0.25) is 0 Å². The zero-order valence-corrected chi connectivity index (χ0v) is 19.6. The molecule has 33 heavy (non-hydrogen) atoms. The molecule has 176 valence electrons. The number of hydrogen-bond donors (Lipinski definition) is 0. The molecule has 8 nitrogen and oxygen atoms in total. The first-order valence-electron chi connectivity index (χ1n) is 10.8. The smallest absolute Gasteiger partial charge is 0.322 e. The molecule has 0 bridgehead atoms. The van der Waals surface area contributed by atoms with Crippen LogP contribution in [-0.4, -0.2) is 62.0 Å². The molecule has 3 rings (SSSR count). The number of ether oxygens (including phenoxy) is 1. The normalized spacial score (nSPS) is 15.2. The molecule has 0 radical (unpaired) electrons. The summed E-state index contributed by atoms with van der Waals surface area (Å²) in [4.78, 5) is 38.9. The molecule has 1 amide bonds. The minimum atomic E-state index is -3.99. The number of likely N-dealkylation sites (N-methyl/N-ethyl adjacent to an activating group) is 1. The minimum absolute atomic E-state index is 0.0493. The number of sulfonamides is 1. The van der Waals surface area contributed by atoms with Crippen LogP contribution in [0.5, 0.6) is 0 Å². The number of Topliss-reactive ketones (excluding diaryl/α,β-unsaturated/α-hetero) is 1. The maximum absolute atomic E-state index is 13.1. The molecular weight excluding hydrogens is 444 g/mol. The highest BCUT2D eigenvalue weighted by atomic mass is 32.2. The summed E-state index contributed by atoms with van der Waals surface area (Å²) in [6, 6.07) is 14.2. The van der Waals surface area contributed by atoms with E-state index in [1.807, 2.05) is 0 Å². The van der Waals surface area contributed by atoms with Gasteiger partial charge in [-0.05, 0) is 38.3 Å². The highest BCUT2D eigenvalue weighted by Crippen LogP contribution is 2.23. The summed E-state index contributed by atoms with van der Waals surface area (Å²) in [7, 11) is -2.73. The number of carbonyl (C=O) groups is 3. The van der Waals surface area contributed by atoms with Gasteiger partial charge in [0.25, 0.3) is 5.91 Å². The third-order valence-corrected chi connectivity index (χ3v) is 7.38. The Bertz CT molecular complexity index is 1090. The Hall–Kier alpha value is -3.04. The van der Waals surface area contributed by atoms with E-state index >= 15 is 0 Å². The second kappa shape index (κ2) is 10.7. The maximum Gasteiger partial charge on any atom is 0.322 e. The quantitative estimate of drug-likeness (QED) is 0.433.